The van der Waals surface area contributed by atoms with Gasteiger partial charge >= 0.3 is 0 Å². The summed E-state index contributed by atoms with van der Waals surface area (Å²) in [4.78, 5) is 0. The van der Waals surface area contributed by atoms with E-state index in [-0.39, 0.29) is 0 Å². The first-order chi connectivity index (χ1) is 16.4. The lowest BCUT2D eigenvalue weighted by Gasteiger charge is -2.16. The summed E-state index contributed by atoms with van der Waals surface area (Å²) in [6.07, 6.45) is 12.4. The van der Waals surface area contributed by atoms with Gasteiger partial charge < -0.3 is 4.57 Å². The molecule has 0 aliphatic rings. The molecule has 0 atom stereocenters. The number of rotatable bonds is 14. The minimum absolute atomic E-state index is 0.424. The van der Waals surface area contributed by atoms with Crippen molar-refractivity contribution in [3.63, 3.8) is 0 Å². The van der Waals surface area contributed by atoms with Crippen LogP contribution in [0.5, 0.6) is 0 Å². The van der Waals surface area contributed by atoms with Gasteiger partial charge in [0.25, 0.3) is 0 Å². The first kappa shape index (κ1) is 23.8. The number of hydrogen-bond donors (Lipinski definition) is 0. The van der Waals surface area contributed by atoms with Crippen LogP contribution in [0.15, 0.2) is 78.9 Å². The largest absolute Gasteiger partial charge is 0.340 e. The number of aryl methyl sites for hydroxylation is 1. The van der Waals surface area contributed by atoms with E-state index >= 15 is 0 Å². The first-order valence-electron chi connectivity index (χ1n) is 13.2. The number of fused-ring (bicyclic) bond motifs is 3. The minimum atomic E-state index is -0.424. The second kappa shape index (κ2) is 12.8. The van der Waals surface area contributed by atoms with Gasteiger partial charge in [0.2, 0.25) is 0 Å². The third-order valence-electron chi connectivity index (χ3n) is 7.05. The van der Waals surface area contributed by atoms with Gasteiger partial charge in [0, 0.05) is 28.4 Å². The summed E-state index contributed by atoms with van der Waals surface area (Å²) in [5.74, 6) is 0. The van der Waals surface area contributed by atoms with Crippen LogP contribution in [0.3, 0.4) is 0 Å². The van der Waals surface area contributed by atoms with Crippen molar-refractivity contribution in [1.29, 1.82) is 0 Å². The zero-order chi connectivity index (χ0) is 22.7. The second-order valence-electron chi connectivity index (χ2n) is 9.48. The van der Waals surface area contributed by atoms with Crippen LogP contribution in [0.1, 0.15) is 64.7 Å². The van der Waals surface area contributed by atoms with Crippen molar-refractivity contribution < 1.29 is 0 Å². The molecule has 0 aliphatic heterocycles. The smallest absolute Gasteiger partial charge is 0.0856 e. The summed E-state index contributed by atoms with van der Waals surface area (Å²) in [6.45, 7) is 3.43. The van der Waals surface area contributed by atoms with Crippen LogP contribution < -0.4 is 5.19 Å². The molecule has 1 heterocycles. The molecular weight excluding hydrogens is 414 g/mol. The van der Waals surface area contributed by atoms with Crippen LogP contribution in [-0.4, -0.2) is 13.4 Å². The van der Waals surface area contributed by atoms with E-state index in [0.29, 0.717) is 0 Å². The first-order valence-corrected chi connectivity index (χ1v) is 15.2. The van der Waals surface area contributed by atoms with Gasteiger partial charge in [0.1, 0.15) is 0 Å². The maximum atomic E-state index is 2.55. The van der Waals surface area contributed by atoms with E-state index in [1.165, 1.54) is 91.7 Å². The zero-order valence-electron chi connectivity index (χ0n) is 20.4. The van der Waals surface area contributed by atoms with Gasteiger partial charge in [-0.05, 0) is 18.6 Å². The fourth-order valence-corrected chi connectivity index (χ4v) is 8.08. The molecule has 0 spiro atoms. The lowest BCUT2D eigenvalue weighted by Crippen LogP contribution is -2.29. The molecule has 0 amide bonds. The van der Waals surface area contributed by atoms with E-state index in [1.54, 1.807) is 5.19 Å². The van der Waals surface area contributed by atoms with E-state index in [1.807, 2.05) is 0 Å². The Labute approximate surface area is 202 Å². The Balaban J connectivity index is 1.30. The van der Waals surface area contributed by atoms with Crippen LogP contribution in [0.2, 0.25) is 12.1 Å². The summed E-state index contributed by atoms with van der Waals surface area (Å²) in [7, 11) is -0.424. The highest BCUT2D eigenvalue weighted by molar-refractivity contribution is 6.73. The summed E-state index contributed by atoms with van der Waals surface area (Å²) < 4.78 is 2.55. The standard InChI is InChI=1S/C31H40NSi/c1-2-3-4-5-6-16-25-33(27-18-9-7-10-19-27)26-17-8-15-24-32-30-22-13-11-20-28(30)29-21-12-14-23-31(29)32/h7,9-14,18-23H,2-6,8,15-17,24-26H2,1H3. The summed E-state index contributed by atoms with van der Waals surface area (Å²) in [5.41, 5.74) is 2.77. The number of nitrogens with zero attached hydrogens (tertiary/aromatic N) is 1. The van der Waals surface area contributed by atoms with Crippen LogP contribution in [0.4, 0.5) is 0 Å². The van der Waals surface area contributed by atoms with Gasteiger partial charge in [-0.3, -0.25) is 0 Å². The van der Waals surface area contributed by atoms with Gasteiger partial charge in [0.15, 0.2) is 0 Å². The van der Waals surface area contributed by atoms with E-state index in [0.717, 1.165) is 6.54 Å². The lowest BCUT2D eigenvalue weighted by molar-refractivity contribution is 0.618. The lowest BCUT2D eigenvalue weighted by atomic mass is 10.1. The fourth-order valence-electron chi connectivity index (χ4n) is 5.24. The molecule has 0 bridgehead atoms. The minimum Gasteiger partial charge on any atom is -0.340 e. The van der Waals surface area contributed by atoms with Gasteiger partial charge in [-0.1, -0.05) is 142 Å². The van der Waals surface area contributed by atoms with Gasteiger partial charge in [-0.15, -0.1) is 0 Å². The SMILES string of the molecule is CCCCCCCC[Si](CCCCCn1c2ccccc2c2ccccc21)c1ccccc1. The highest BCUT2D eigenvalue weighted by atomic mass is 28.3. The molecule has 173 valence electrons. The third-order valence-corrected chi connectivity index (χ3v) is 10.1. The maximum Gasteiger partial charge on any atom is 0.0856 e. The predicted molar refractivity (Wildman–Crippen MR) is 148 cm³/mol. The molecule has 0 fully saturated rings. The van der Waals surface area contributed by atoms with Crippen molar-refractivity contribution in [1.82, 2.24) is 4.57 Å². The Morgan fingerprint density at radius 1 is 0.545 bits per heavy atom. The molecule has 0 saturated heterocycles. The second-order valence-corrected chi connectivity index (χ2v) is 12.3. The summed E-state index contributed by atoms with van der Waals surface area (Å²) >= 11 is 0. The molecule has 1 nitrogen and oxygen atoms in total. The Hall–Kier alpha value is -2.32. The number of aromatic nitrogens is 1. The highest BCUT2D eigenvalue weighted by Gasteiger charge is 2.14. The Morgan fingerprint density at radius 3 is 1.70 bits per heavy atom. The molecule has 2 heteroatoms. The fraction of sp³-hybridized carbons (Fsp3) is 0.419. The van der Waals surface area contributed by atoms with Crippen molar-refractivity contribution in [3.05, 3.63) is 78.9 Å². The summed E-state index contributed by atoms with van der Waals surface area (Å²) in [6, 6.07) is 32.1. The normalized spacial score (nSPS) is 11.7. The molecule has 4 aromatic rings. The molecule has 0 saturated carbocycles. The molecule has 1 aromatic heterocycles. The molecule has 0 N–H and O–H groups in total. The zero-order valence-corrected chi connectivity index (χ0v) is 21.4. The number of unbranched alkanes of at least 4 members (excludes halogenated alkanes) is 7. The van der Waals surface area contributed by atoms with Gasteiger partial charge in [-0.2, -0.15) is 0 Å². The number of hydrogen-bond acceptors (Lipinski definition) is 0. The maximum absolute atomic E-state index is 2.55. The van der Waals surface area contributed by atoms with Crippen molar-refractivity contribution in [2.45, 2.75) is 83.3 Å². The topological polar surface area (TPSA) is 4.93 Å². The van der Waals surface area contributed by atoms with Crippen LogP contribution in [-0.2, 0) is 6.54 Å². The summed E-state index contributed by atoms with van der Waals surface area (Å²) in [5, 5.41) is 4.43. The van der Waals surface area contributed by atoms with E-state index in [4.69, 9.17) is 0 Å². The van der Waals surface area contributed by atoms with Gasteiger partial charge in [0.05, 0.1) is 8.80 Å². The van der Waals surface area contributed by atoms with Crippen LogP contribution in [0.25, 0.3) is 21.8 Å². The average Bonchev–Trinajstić information content (AvgIpc) is 3.19. The molecule has 1 radical (unpaired) electrons. The third kappa shape index (κ3) is 6.38. The molecule has 0 aliphatic carbocycles. The average molecular weight is 455 g/mol. The Bertz CT molecular complexity index is 1040. The Morgan fingerprint density at radius 2 is 1.06 bits per heavy atom. The highest BCUT2D eigenvalue weighted by Crippen LogP contribution is 2.29. The van der Waals surface area contributed by atoms with E-state index < -0.39 is 8.80 Å². The Kier molecular flexibility index (Phi) is 9.24. The van der Waals surface area contributed by atoms with E-state index in [9.17, 15) is 0 Å². The van der Waals surface area contributed by atoms with Crippen LogP contribution >= 0.6 is 0 Å². The quantitative estimate of drug-likeness (QED) is 0.133. The van der Waals surface area contributed by atoms with Gasteiger partial charge in [-0.25, -0.2) is 0 Å². The van der Waals surface area contributed by atoms with Crippen molar-refractivity contribution in [3.8, 4) is 0 Å². The van der Waals surface area contributed by atoms with Crippen molar-refractivity contribution in [2.24, 2.45) is 0 Å². The van der Waals surface area contributed by atoms with Crippen molar-refractivity contribution >= 4 is 35.8 Å². The van der Waals surface area contributed by atoms with E-state index in [2.05, 4.69) is 90.4 Å². The molecule has 4 rings (SSSR count). The molecule has 33 heavy (non-hydrogen) atoms. The number of benzene rings is 3. The molecule has 3 aromatic carbocycles. The monoisotopic (exact) mass is 454 g/mol. The molecule has 0 unspecified atom stereocenters. The predicted octanol–water partition coefficient (Wildman–Crippen LogP) is 8.73. The molecular formula is C31H40NSi. The van der Waals surface area contributed by atoms with Crippen molar-refractivity contribution in [2.75, 3.05) is 0 Å². The van der Waals surface area contributed by atoms with Crippen LogP contribution in [0, 0.1) is 0 Å². The number of para-hydroxylation sites is 2.